The van der Waals surface area contributed by atoms with Gasteiger partial charge < -0.3 is 4.90 Å². The van der Waals surface area contributed by atoms with Crippen molar-refractivity contribution in [2.75, 3.05) is 11.4 Å². The number of rotatable bonds is 6. The van der Waals surface area contributed by atoms with Crippen molar-refractivity contribution in [2.24, 2.45) is 0 Å². The van der Waals surface area contributed by atoms with Gasteiger partial charge in [0.25, 0.3) is 0 Å². The van der Waals surface area contributed by atoms with Crippen LogP contribution in [0, 0.1) is 0 Å². The molecule has 2 aromatic rings. The molecule has 2 aromatic carbocycles. The lowest BCUT2D eigenvalue weighted by Crippen LogP contribution is -2.28. The number of nitrogens with zero attached hydrogens (tertiary/aromatic N) is 1. The summed E-state index contributed by atoms with van der Waals surface area (Å²) in [6, 6.07) is 15.8. The maximum Gasteiger partial charge on any atom is 0.241 e. The summed E-state index contributed by atoms with van der Waals surface area (Å²) in [5.41, 5.74) is 1.68. The van der Waals surface area contributed by atoms with Crippen molar-refractivity contribution in [1.82, 2.24) is 4.72 Å². The summed E-state index contributed by atoms with van der Waals surface area (Å²) in [6.45, 7) is 2.64. The highest BCUT2D eigenvalue weighted by atomic mass is 32.2. The molecule has 1 saturated heterocycles. The van der Waals surface area contributed by atoms with Crippen molar-refractivity contribution < 1.29 is 13.2 Å². The van der Waals surface area contributed by atoms with E-state index >= 15 is 0 Å². The molecule has 0 bridgehead atoms. The average molecular weight is 358 g/mol. The zero-order valence-corrected chi connectivity index (χ0v) is 15.0. The lowest BCUT2D eigenvalue weighted by atomic mass is 10.1. The normalized spacial score (nSPS) is 16.2. The first-order chi connectivity index (χ1) is 12.0. The smallest absolute Gasteiger partial charge is 0.241 e. The quantitative estimate of drug-likeness (QED) is 0.862. The summed E-state index contributed by atoms with van der Waals surface area (Å²) in [5, 5.41) is 0. The van der Waals surface area contributed by atoms with Crippen LogP contribution in [0.25, 0.3) is 0 Å². The topological polar surface area (TPSA) is 66.5 Å². The minimum absolute atomic E-state index is 0.0869. The molecule has 0 spiro atoms. The number of hydrogen-bond acceptors (Lipinski definition) is 3. The van der Waals surface area contributed by atoms with Crippen molar-refractivity contribution >= 4 is 21.6 Å². The second-order valence-electron chi connectivity index (χ2n) is 6.14. The van der Waals surface area contributed by atoms with Gasteiger partial charge in [0.15, 0.2) is 0 Å². The maximum atomic E-state index is 12.7. The minimum atomic E-state index is -3.63. The maximum absolute atomic E-state index is 12.7. The highest BCUT2D eigenvalue weighted by molar-refractivity contribution is 7.89. The molecule has 0 radical (unpaired) electrons. The first kappa shape index (κ1) is 17.6. The van der Waals surface area contributed by atoms with Crippen molar-refractivity contribution in [1.29, 1.82) is 0 Å². The van der Waals surface area contributed by atoms with Crippen LogP contribution in [-0.2, 0) is 14.8 Å². The van der Waals surface area contributed by atoms with Gasteiger partial charge in [-0.2, -0.15) is 0 Å². The molecular formula is C19H22N2O3S. The van der Waals surface area contributed by atoms with Crippen LogP contribution in [-0.4, -0.2) is 20.9 Å². The Morgan fingerprint density at radius 2 is 1.76 bits per heavy atom. The van der Waals surface area contributed by atoms with E-state index in [1.54, 1.807) is 29.2 Å². The van der Waals surface area contributed by atoms with Crippen LogP contribution in [0.15, 0.2) is 59.5 Å². The van der Waals surface area contributed by atoms with Gasteiger partial charge in [0.1, 0.15) is 0 Å². The molecule has 1 heterocycles. The average Bonchev–Trinajstić information content (AvgIpc) is 3.06. The summed E-state index contributed by atoms with van der Waals surface area (Å²) >= 11 is 0. The van der Waals surface area contributed by atoms with Crippen molar-refractivity contribution in [3.63, 3.8) is 0 Å². The summed E-state index contributed by atoms with van der Waals surface area (Å²) in [7, 11) is -3.63. The third-order valence-electron chi connectivity index (χ3n) is 4.44. The number of sulfonamides is 1. The summed E-state index contributed by atoms with van der Waals surface area (Å²) in [4.78, 5) is 13.7. The monoisotopic (exact) mass is 358 g/mol. The van der Waals surface area contributed by atoms with E-state index in [-0.39, 0.29) is 16.8 Å². The van der Waals surface area contributed by atoms with Gasteiger partial charge in [-0.1, -0.05) is 37.3 Å². The van der Waals surface area contributed by atoms with Gasteiger partial charge in [-0.15, -0.1) is 0 Å². The Morgan fingerprint density at radius 3 is 2.32 bits per heavy atom. The van der Waals surface area contributed by atoms with E-state index in [4.69, 9.17) is 0 Å². The van der Waals surface area contributed by atoms with E-state index < -0.39 is 10.0 Å². The number of carbonyl (C=O) groups is 1. The Labute approximate surface area is 148 Å². The standard InChI is InChI=1S/C19H22N2O3S/c1-2-18(15-7-4-3-5-8-15)20-25(23,24)17-12-10-16(11-13-17)21-14-6-9-19(21)22/h3-5,7-8,10-13,18,20H,2,6,9,14H2,1H3. The van der Waals surface area contributed by atoms with Gasteiger partial charge in [0, 0.05) is 24.7 Å². The van der Waals surface area contributed by atoms with Gasteiger partial charge in [-0.25, -0.2) is 13.1 Å². The van der Waals surface area contributed by atoms with Crippen LogP contribution >= 0.6 is 0 Å². The van der Waals surface area contributed by atoms with Gasteiger partial charge in [0.2, 0.25) is 15.9 Å². The van der Waals surface area contributed by atoms with Crippen LogP contribution in [0.3, 0.4) is 0 Å². The number of nitrogens with one attached hydrogen (secondary N) is 1. The fourth-order valence-electron chi connectivity index (χ4n) is 3.05. The predicted octanol–water partition coefficient (Wildman–Crippen LogP) is 3.24. The highest BCUT2D eigenvalue weighted by Crippen LogP contribution is 2.24. The molecule has 1 aliphatic rings. The predicted molar refractivity (Wildman–Crippen MR) is 97.8 cm³/mol. The van der Waals surface area contributed by atoms with E-state index in [0.717, 1.165) is 17.7 Å². The van der Waals surface area contributed by atoms with Crippen molar-refractivity contribution in [2.45, 2.75) is 37.1 Å². The van der Waals surface area contributed by atoms with E-state index in [0.29, 0.717) is 19.4 Å². The lowest BCUT2D eigenvalue weighted by molar-refractivity contribution is -0.117. The SMILES string of the molecule is CCC(NS(=O)(=O)c1ccc(N2CCCC2=O)cc1)c1ccccc1. The number of carbonyl (C=O) groups excluding carboxylic acids is 1. The van der Waals surface area contributed by atoms with E-state index in [9.17, 15) is 13.2 Å². The largest absolute Gasteiger partial charge is 0.312 e. The number of amides is 1. The molecule has 1 unspecified atom stereocenters. The van der Waals surface area contributed by atoms with Gasteiger partial charge >= 0.3 is 0 Å². The van der Waals surface area contributed by atoms with Crippen LogP contribution in [0.2, 0.25) is 0 Å². The highest BCUT2D eigenvalue weighted by Gasteiger charge is 2.23. The summed E-state index contributed by atoms with van der Waals surface area (Å²) < 4.78 is 28.1. The molecule has 25 heavy (non-hydrogen) atoms. The van der Waals surface area contributed by atoms with Crippen LogP contribution in [0.5, 0.6) is 0 Å². The van der Waals surface area contributed by atoms with Crippen LogP contribution in [0.4, 0.5) is 5.69 Å². The molecule has 3 rings (SSSR count). The zero-order valence-electron chi connectivity index (χ0n) is 14.2. The Kier molecular flexibility index (Phi) is 5.20. The summed E-state index contributed by atoms with van der Waals surface area (Å²) in [5.74, 6) is 0.0869. The second-order valence-corrected chi connectivity index (χ2v) is 7.85. The zero-order chi connectivity index (χ0) is 17.9. The number of hydrogen-bond donors (Lipinski definition) is 1. The van der Waals surface area contributed by atoms with E-state index in [2.05, 4.69) is 4.72 Å². The van der Waals surface area contributed by atoms with Gasteiger partial charge in [-0.05, 0) is 42.7 Å². The van der Waals surface area contributed by atoms with Gasteiger partial charge in [-0.3, -0.25) is 4.79 Å². The molecular weight excluding hydrogens is 336 g/mol. The summed E-state index contributed by atoms with van der Waals surface area (Å²) in [6.07, 6.45) is 2.05. The molecule has 5 nitrogen and oxygen atoms in total. The van der Waals surface area contributed by atoms with E-state index in [1.165, 1.54) is 0 Å². The van der Waals surface area contributed by atoms with Crippen LogP contribution < -0.4 is 9.62 Å². The molecule has 0 aliphatic carbocycles. The third kappa shape index (κ3) is 3.91. The Bertz CT molecular complexity index is 833. The Morgan fingerprint density at radius 1 is 1.08 bits per heavy atom. The molecule has 1 N–H and O–H groups in total. The van der Waals surface area contributed by atoms with E-state index in [1.807, 2.05) is 37.3 Å². The number of benzene rings is 2. The molecule has 132 valence electrons. The molecule has 1 aliphatic heterocycles. The van der Waals surface area contributed by atoms with Crippen molar-refractivity contribution in [3.8, 4) is 0 Å². The Balaban J connectivity index is 1.78. The first-order valence-electron chi connectivity index (χ1n) is 8.49. The Hall–Kier alpha value is -2.18. The third-order valence-corrected chi connectivity index (χ3v) is 5.93. The van der Waals surface area contributed by atoms with Crippen LogP contribution in [0.1, 0.15) is 37.8 Å². The van der Waals surface area contributed by atoms with Crippen molar-refractivity contribution in [3.05, 3.63) is 60.2 Å². The first-order valence-corrected chi connectivity index (χ1v) is 9.97. The lowest BCUT2D eigenvalue weighted by Gasteiger charge is -2.19. The molecule has 1 atom stereocenters. The second kappa shape index (κ2) is 7.37. The molecule has 1 fully saturated rings. The fraction of sp³-hybridized carbons (Fsp3) is 0.316. The fourth-order valence-corrected chi connectivity index (χ4v) is 4.36. The minimum Gasteiger partial charge on any atom is -0.312 e. The van der Waals surface area contributed by atoms with Gasteiger partial charge in [0.05, 0.1) is 4.90 Å². The molecule has 6 heteroatoms. The number of anilines is 1. The molecule has 0 aromatic heterocycles. The molecule has 1 amide bonds. The molecule has 0 saturated carbocycles.